The van der Waals surface area contributed by atoms with Crippen molar-refractivity contribution < 1.29 is 28.8 Å². The minimum Gasteiger partial charge on any atom is -0.497 e. The third-order valence-electron chi connectivity index (χ3n) is 7.91. The van der Waals surface area contributed by atoms with Gasteiger partial charge in [-0.05, 0) is 57.8 Å². The number of hydrogen-bond acceptors (Lipinski definition) is 7. The van der Waals surface area contributed by atoms with Gasteiger partial charge in [-0.1, -0.05) is 109 Å². The van der Waals surface area contributed by atoms with Gasteiger partial charge in [0, 0.05) is 4.90 Å². The van der Waals surface area contributed by atoms with Gasteiger partial charge in [0.25, 0.3) is 0 Å². The normalized spacial score (nSPS) is 21.5. The second-order valence-electron chi connectivity index (χ2n) is 11.0. The van der Waals surface area contributed by atoms with Crippen LogP contribution in [0.2, 0.25) is 0 Å². The zero-order valence-electron chi connectivity index (χ0n) is 25.2. The van der Waals surface area contributed by atoms with Gasteiger partial charge in [0.05, 0.1) is 33.5 Å². The molecule has 5 atom stereocenters. The van der Waals surface area contributed by atoms with Crippen molar-refractivity contribution in [2.24, 2.45) is 0 Å². The molecule has 0 bridgehead atoms. The summed E-state index contributed by atoms with van der Waals surface area (Å²) in [5.41, 5.74) is 2.62. The van der Waals surface area contributed by atoms with Crippen LogP contribution in [0.25, 0.3) is 10.8 Å². The first-order valence-corrected chi connectivity index (χ1v) is 16.1. The second-order valence-corrected chi connectivity index (χ2v) is 12.2. The molecule has 232 valence electrons. The molecule has 0 amide bonds. The van der Waals surface area contributed by atoms with Crippen LogP contribution in [0.15, 0.2) is 132 Å². The monoisotopic (exact) mass is 622 g/mol. The van der Waals surface area contributed by atoms with E-state index in [2.05, 4.69) is 30.3 Å². The highest BCUT2D eigenvalue weighted by atomic mass is 32.2. The van der Waals surface area contributed by atoms with E-state index in [0.29, 0.717) is 19.8 Å². The Labute approximate surface area is 268 Å². The largest absolute Gasteiger partial charge is 0.497 e. The first-order valence-electron chi connectivity index (χ1n) is 15.2. The number of thioether (sulfide) groups is 1. The first-order chi connectivity index (χ1) is 22.2. The van der Waals surface area contributed by atoms with E-state index in [1.165, 1.54) is 5.39 Å². The Morgan fingerprint density at radius 1 is 0.600 bits per heavy atom. The Morgan fingerprint density at radius 3 is 1.89 bits per heavy atom. The Morgan fingerprint density at radius 2 is 1.18 bits per heavy atom. The number of aliphatic hydroxyl groups is 1. The molecule has 1 aliphatic heterocycles. The molecule has 0 aromatic heterocycles. The second kappa shape index (κ2) is 15.5. The number of methoxy groups -OCH3 is 1. The molecule has 45 heavy (non-hydrogen) atoms. The SMILES string of the molecule is COc1ccc(CO[C@H]2[C@H](OCc3ccc4ccccc4c3)[C@H](OCc3ccccc3)[C@@H](Sc3ccccc3)O[C@@H]2CO)cc1. The lowest BCUT2D eigenvalue weighted by Gasteiger charge is -2.45. The van der Waals surface area contributed by atoms with Gasteiger partial charge < -0.3 is 28.8 Å². The van der Waals surface area contributed by atoms with Gasteiger partial charge in [0.1, 0.15) is 35.6 Å². The molecule has 7 heteroatoms. The highest BCUT2D eigenvalue weighted by Crippen LogP contribution is 2.38. The molecule has 0 saturated carbocycles. The van der Waals surface area contributed by atoms with Gasteiger partial charge in [-0.15, -0.1) is 0 Å². The number of ether oxygens (including phenoxy) is 5. The maximum atomic E-state index is 10.6. The van der Waals surface area contributed by atoms with E-state index in [9.17, 15) is 5.11 Å². The molecule has 6 rings (SSSR count). The summed E-state index contributed by atoms with van der Waals surface area (Å²) in [6.07, 6.45) is -2.25. The molecule has 1 N–H and O–H groups in total. The van der Waals surface area contributed by atoms with Crippen LogP contribution in [-0.2, 0) is 38.8 Å². The molecule has 0 aliphatic carbocycles. The van der Waals surface area contributed by atoms with E-state index < -0.39 is 29.9 Å². The molecule has 0 radical (unpaired) electrons. The van der Waals surface area contributed by atoms with E-state index in [0.717, 1.165) is 32.7 Å². The fourth-order valence-corrected chi connectivity index (χ4v) is 6.67. The van der Waals surface area contributed by atoms with Crippen molar-refractivity contribution in [2.75, 3.05) is 13.7 Å². The van der Waals surface area contributed by atoms with Gasteiger partial charge in [0.2, 0.25) is 0 Å². The van der Waals surface area contributed by atoms with E-state index in [4.69, 9.17) is 23.7 Å². The summed E-state index contributed by atoms with van der Waals surface area (Å²) < 4.78 is 31.9. The van der Waals surface area contributed by atoms with Crippen LogP contribution in [0.3, 0.4) is 0 Å². The van der Waals surface area contributed by atoms with Crippen molar-refractivity contribution in [1.82, 2.24) is 0 Å². The molecular weight excluding hydrogens is 584 g/mol. The lowest BCUT2D eigenvalue weighted by atomic mass is 9.98. The van der Waals surface area contributed by atoms with Crippen molar-refractivity contribution in [1.29, 1.82) is 0 Å². The highest BCUT2D eigenvalue weighted by Gasteiger charge is 2.48. The van der Waals surface area contributed by atoms with E-state index in [-0.39, 0.29) is 6.61 Å². The molecule has 5 aromatic rings. The van der Waals surface area contributed by atoms with Crippen LogP contribution in [0.4, 0.5) is 0 Å². The zero-order valence-corrected chi connectivity index (χ0v) is 26.1. The van der Waals surface area contributed by atoms with Crippen LogP contribution >= 0.6 is 11.8 Å². The summed E-state index contributed by atoms with van der Waals surface area (Å²) in [6.45, 7) is 0.822. The van der Waals surface area contributed by atoms with Crippen molar-refractivity contribution in [3.8, 4) is 5.75 Å². The van der Waals surface area contributed by atoms with E-state index in [1.54, 1.807) is 18.9 Å². The minimum absolute atomic E-state index is 0.222. The summed E-state index contributed by atoms with van der Waals surface area (Å²) in [5, 5.41) is 12.9. The maximum absolute atomic E-state index is 10.6. The Balaban J connectivity index is 1.30. The molecular formula is C38H38O6S. The van der Waals surface area contributed by atoms with Crippen LogP contribution in [-0.4, -0.2) is 48.7 Å². The lowest BCUT2D eigenvalue weighted by molar-refractivity contribution is -0.251. The molecule has 0 unspecified atom stereocenters. The Kier molecular flexibility index (Phi) is 10.8. The van der Waals surface area contributed by atoms with Crippen LogP contribution in [0.1, 0.15) is 16.7 Å². The number of rotatable bonds is 13. The van der Waals surface area contributed by atoms with E-state index in [1.807, 2.05) is 97.1 Å². The lowest BCUT2D eigenvalue weighted by Crippen LogP contribution is -2.60. The smallest absolute Gasteiger partial charge is 0.137 e. The van der Waals surface area contributed by atoms with Crippen molar-refractivity contribution in [3.63, 3.8) is 0 Å². The molecule has 6 nitrogen and oxygen atoms in total. The van der Waals surface area contributed by atoms with Gasteiger partial charge in [0.15, 0.2) is 0 Å². The van der Waals surface area contributed by atoms with E-state index >= 15 is 0 Å². The fourth-order valence-electron chi connectivity index (χ4n) is 5.52. The Hall–Kier alpha value is -3.69. The standard InChI is InChI=1S/C38H38O6S/c1-40-32-20-17-28(18-21-32)25-41-35-34(23-39)44-38(45-33-14-6-3-7-15-33)37(43-24-27-10-4-2-5-11-27)36(35)42-26-29-16-19-30-12-8-9-13-31(30)22-29/h2-22,34-39H,23-26H2,1H3/t34-,35-,36+,37+,38-/m1/s1. The van der Waals surface area contributed by atoms with Crippen molar-refractivity contribution in [3.05, 3.63) is 144 Å². The van der Waals surface area contributed by atoms with Crippen LogP contribution in [0.5, 0.6) is 5.75 Å². The molecule has 1 aliphatic rings. The molecule has 1 heterocycles. The minimum atomic E-state index is -0.623. The quantitative estimate of drug-likeness (QED) is 0.147. The summed E-state index contributed by atoms with van der Waals surface area (Å²) in [5.74, 6) is 0.778. The van der Waals surface area contributed by atoms with Gasteiger partial charge >= 0.3 is 0 Å². The first kappa shape index (κ1) is 31.3. The average Bonchev–Trinajstić information content (AvgIpc) is 3.10. The fraction of sp³-hybridized carbons (Fsp3) is 0.263. The third-order valence-corrected chi connectivity index (χ3v) is 9.07. The number of benzene rings is 5. The summed E-state index contributed by atoms with van der Waals surface area (Å²) >= 11 is 1.57. The summed E-state index contributed by atoms with van der Waals surface area (Å²) in [4.78, 5) is 1.04. The van der Waals surface area contributed by atoms with Gasteiger partial charge in [-0.3, -0.25) is 0 Å². The Bertz CT molecular complexity index is 1610. The number of hydrogen-bond donors (Lipinski definition) is 1. The maximum Gasteiger partial charge on any atom is 0.137 e. The van der Waals surface area contributed by atoms with Crippen molar-refractivity contribution >= 4 is 22.5 Å². The predicted molar refractivity (Wildman–Crippen MR) is 177 cm³/mol. The molecule has 0 spiro atoms. The van der Waals surface area contributed by atoms with Gasteiger partial charge in [-0.2, -0.15) is 0 Å². The number of fused-ring (bicyclic) bond motifs is 1. The summed E-state index contributed by atoms with van der Waals surface area (Å²) in [7, 11) is 1.65. The molecule has 1 fully saturated rings. The molecule has 5 aromatic carbocycles. The third kappa shape index (κ3) is 8.13. The van der Waals surface area contributed by atoms with Crippen LogP contribution < -0.4 is 4.74 Å². The predicted octanol–water partition coefficient (Wildman–Crippen LogP) is 7.41. The number of aliphatic hydroxyl groups excluding tert-OH is 1. The highest BCUT2D eigenvalue weighted by molar-refractivity contribution is 7.99. The van der Waals surface area contributed by atoms with Crippen LogP contribution in [0, 0.1) is 0 Å². The summed E-state index contributed by atoms with van der Waals surface area (Å²) in [6, 6.07) is 42.6. The zero-order chi connectivity index (χ0) is 30.8. The van der Waals surface area contributed by atoms with Gasteiger partial charge in [-0.25, -0.2) is 0 Å². The van der Waals surface area contributed by atoms with Crippen molar-refractivity contribution in [2.45, 2.75) is 54.6 Å². The topological polar surface area (TPSA) is 66.4 Å². The average molecular weight is 623 g/mol. The molecule has 1 saturated heterocycles.